The van der Waals surface area contributed by atoms with Crippen LogP contribution >= 0.6 is 0 Å². The van der Waals surface area contributed by atoms with Crippen LogP contribution in [0.25, 0.3) is 0 Å². The monoisotopic (exact) mass is 296 g/mol. The maximum atomic E-state index is 12.2. The van der Waals surface area contributed by atoms with Gasteiger partial charge < -0.3 is 25.0 Å². The predicted molar refractivity (Wildman–Crippen MR) is 71.6 cm³/mol. The number of aromatic nitrogens is 2. The summed E-state index contributed by atoms with van der Waals surface area (Å²) < 4.78 is 10.4. The maximum Gasteiger partial charge on any atom is 0.293 e. The zero-order chi connectivity index (χ0) is 14.7. The fraction of sp³-hybridized carbons (Fsp3) is 0.769. The minimum Gasteiger partial charge on any atom is -0.394 e. The van der Waals surface area contributed by atoms with Gasteiger partial charge in [0.15, 0.2) is 0 Å². The Morgan fingerprint density at radius 2 is 2.29 bits per heavy atom. The van der Waals surface area contributed by atoms with E-state index in [9.17, 15) is 9.90 Å². The van der Waals surface area contributed by atoms with Gasteiger partial charge in [-0.2, -0.15) is 4.98 Å². The molecule has 21 heavy (non-hydrogen) atoms. The molecular weight excluding hydrogens is 276 g/mol. The number of rotatable bonds is 4. The first kappa shape index (κ1) is 14.4. The molecule has 3 N–H and O–H groups in total. The summed E-state index contributed by atoms with van der Waals surface area (Å²) in [5, 5.41) is 19.4. The Bertz CT molecular complexity index is 492. The summed E-state index contributed by atoms with van der Waals surface area (Å²) in [4.78, 5) is 16.4. The standard InChI is InChI=1S/C13H20N4O4/c18-8-13(3-6-20-7-4-13)16-11(19)10-15-12(21-17-10)9-2-1-5-14-9/h9,14,18H,1-8H2,(H,16,19). The lowest BCUT2D eigenvalue weighted by molar-refractivity contribution is 0.0122. The topological polar surface area (TPSA) is 110 Å². The van der Waals surface area contributed by atoms with E-state index < -0.39 is 11.4 Å². The maximum absolute atomic E-state index is 12.2. The Labute approximate surface area is 122 Å². The molecule has 0 spiro atoms. The molecule has 2 fully saturated rings. The smallest absolute Gasteiger partial charge is 0.293 e. The molecule has 1 amide bonds. The van der Waals surface area contributed by atoms with E-state index in [1.165, 1.54) is 0 Å². The molecular formula is C13H20N4O4. The van der Waals surface area contributed by atoms with E-state index in [2.05, 4.69) is 20.8 Å². The van der Waals surface area contributed by atoms with Crippen LogP contribution in [0.4, 0.5) is 0 Å². The fourth-order valence-electron chi connectivity index (χ4n) is 2.75. The molecule has 0 aromatic carbocycles. The number of hydrogen-bond donors (Lipinski definition) is 3. The molecule has 1 atom stereocenters. The molecule has 1 unspecified atom stereocenters. The van der Waals surface area contributed by atoms with Crippen LogP contribution in [0.1, 0.15) is 48.2 Å². The molecule has 8 nitrogen and oxygen atoms in total. The molecule has 1 aromatic heterocycles. The lowest BCUT2D eigenvalue weighted by Gasteiger charge is -2.35. The van der Waals surface area contributed by atoms with Crippen molar-refractivity contribution in [2.24, 2.45) is 0 Å². The Hall–Kier alpha value is -1.51. The van der Waals surface area contributed by atoms with Gasteiger partial charge in [-0.15, -0.1) is 0 Å². The van der Waals surface area contributed by atoms with Crippen molar-refractivity contribution in [1.82, 2.24) is 20.8 Å². The third-order valence-electron chi connectivity index (χ3n) is 4.13. The van der Waals surface area contributed by atoms with Crippen molar-refractivity contribution in [2.45, 2.75) is 37.3 Å². The number of nitrogens with one attached hydrogen (secondary N) is 2. The molecule has 3 heterocycles. The van der Waals surface area contributed by atoms with Gasteiger partial charge in [0, 0.05) is 13.2 Å². The first-order valence-corrected chi connectivity index (χ1v) is 7.31. The van der Waals surface area contributed by atoms with Gasteiger partial charge in [0.25, 0.3) is 11.7 Å². The van der Waals surface area contributed by atoms with Gasteiger partial charge in [-0.1, -0.05) is 5.16 Å². The molecule has 0 saturated carbocycles. The SMILES string of the molecule is O=C(NC1(CO)CCOCC1)c1noc(C2CCCN2)n1. The van der Waals surface area contributed by atoms with E-state index in [0.717, 1.165) is 19.4 Å². The molecule has 3 rings (SSSR count). The quantitative estimate of drug-likeness (QED) is 0.703. The number of hydrogen-bond acceptors (Lipinski definition) is 7. The van der Waals surface area contributed by atoms with E-state index in [4.69, 9.17) is 9.26 Å². The minimum atomic E-state index is -0.651. The summed E-state index contributed by atoms with van der Waals surface area (Å²) in [6, 6.07) is 0.0360. The Morgan fingerprint density at radius 1 is 1.48 bits per heavy atom. The van der Waals surface area contributed by atoms with E-state index in [0.29, 0.717) is 31.9 Å². The number of aliphatic hydroxyl groups is 1. The number of amides is 1. The summed E-state index contributed by atoms with van der Waals surface area (Å²) in [5.41, 5.74) is -0.651. The van der Waals surface area contributed by atoms with Crippen LogP contribution < -0.4 is 10.6 Å². The highest BCUT2D eigenvalue weighted by Crippen LogP contribution is 2.22. The van der Waals surface area contributed by atoms with Gasteiger partial charge >= 0.3 is 0 Å². The first-order valence-electron chi connectivity index (χ1n) is 7.31. The van der Waals surface area contributed by atoms with Crippen LogP contribution in [-0.4, -0.2) is 53.1 Å². The van der Waals surface area contributed by atoms with Crippen molar-refractivity contribution in [3.05, 3.63) is 11.7 Å². The van der Waals surface area contributed by atoms with E-state index in [1.807, 2.05) is 0 Å². The van der Waals surface area contributed by atoms with Crippen molar-refractivity contribution in [3.63, 3.8) is 0 Å². The second-order valence-corrected chi connectivity index (χ2v) is 5.61. The first-order chi connectivity index (χ1) is 10.2. The molecule has 2 aliphatic heterocycles. The van der Waals surface area contributed by atoms with Gasteiger partial charge in [0.2, 0.25) is 5.89 Å². The normalized spacial score (nSPS) is 24.9. The summed E-state index contributed by atoms with van der Waals surface area (Å²) in [6.45, 7) is 1.83. The molecule has 0 radical (unpaired) electrons. The highest BCUT2D eigenvalue weighted by Gasteiger charge is 2.35. The van der Waals surface area contributed by atoms with Crippen LogP contribution in [0.5, 0.6) is 0 Å². The molecule has 0 aliphatic carbocycles. The number of ether oxygens (including phenoxy) is 1. The Morgan fingerprint density at radius 3 is 2.95 bits per heavy atom. The Kier molecular flexibility index (Phi) is 4.18. The molecule has 2 saturated heterocycles. The van der Waals surface area contributed by atoms with Crippen molar-refractivity contribution in [2.75, 3.05) is 26.4 Å². The third-order valence-corrected chi connectivity index (χ3v) is 4.13. The van der Waals surface area contributed by atoms with Crippen LogP contribution in [0, 0.1) is 0 Å². The molecule has 116 valence electrons. The van der Waals surface area contributed by atoms with Crippen LogP contribution in [0.3, 0.4) is 0 Å². The second-order valence-electron chi connectivity index (χ2n) is 5.61. The average Bonchev–Trinajstić information content (AvgIpc) is 3.19. The number of carbonyl (C=O) groups is 1. The van der Waals surface area contributed by atoms with Crippen LogP contribution in [-0.2, 0) is 4.74 Å². The average molecular weight is 296 g/mol. The molecule has 0 bridgehead atoms. The van der Waals surface area contributed by atoms with Gasteiger partial charge in [0.05, 0.1) is 18.2 Å². The van der Waals surface area contributed by atoms with Gasteiger partial charge in [-0.25, -0.2) is 0 Å². The minimum absolute atomic E-state index is 0.0121. The lowest BCUT2D eigenvalue weighted by Crippen LogP contribution is -2.54. The fourth-order valence-corrected chi connectivity index (χ4v) is 2.75. The zero-order valence-corrected chi connectivity index (χ0v) is 11.8. The highest BCUT2D eigenvalue weighted by atomic mass is 16.5. The van der Waals surface area contributed by atoms with Gasteiger partial charge in [-0.3, -0.25) is 4.79 Å². The summed E-state index contributed by atoms with van der Waals surface area (Å²) in [7, 11) is 0. The van der Waals surface area contributed by atoms with Crippen LogP contribution in [0.15, 0.2) is 4.52 Å². The zero-order valence-electron chi connectivity index (χ0n) is 11.8. The van der Waals surface area contributed by atoms with E-state index in [-0.39, 0.29) is 18.5 Å². The van der Waals surface area contributed by atoms with Crippen molar-refractivity contribution < 1.29 is 19.2 Å². The molecule has 8 heteroatoms. The van der Waals surface area contributed by atoms with Crippen molar-refractivity contribution in [1.29, 1.82) is 0 Å². The largest absolute Gasteiger partial charge is 0.394 e. The number of carbonyl (C=O) groups excluding carboxylic acids is 1. The predicted octanol–water partition coefficient (Wildman–Crippen LogP) is -0.235. The van der Waals surface area contributed by atoms with Gasteiger partial charge in [-0.05, 0) is 32.2 Å². The van der Waals surface area contributed by atoms with Crippen molar-refractivity contribution in [3.8, 4) is 0 Å². The highest BCUT2D eigenvalue weighted by molar-refractivity contribution is 5.90. The van der Waals surface area contributed by atoms with Gasteiger partial charge in [0.1, 0.15) is 0 Å². The van der Waals surface area contributed by atoms with Crippen molar-refractivity contribution >= 4 is 5.91 Å². The summed E-state index contributed by atoms with van der Waals surface area (Å²) >= 11 is 0. The van der Waals surface area contributed by atoms with Crippen LogP contribution in [0.2, 0.25) is 0 Å². The number of aliphatic hydroxyl groups excluding tert-OH is 1. The number of nitrogens with zero attached hydrogens (tertiary/aromatic N) is 2. The lowest BCUT2D eigenvalue weighted by atomic mass is 9.91. The Balaban J connectivity index is 1.67. The summed E-state index contributed by atoms with van der Waals surface area (Å²) in [5.74, 6) is 0.0413. The second kappa shape index (κ2) is 6.08. The molecule has 2 aliphatic rings. The molecule has 1 aromatic rings. The third kappa shape index (κ3) is 3.07. The van der Waals surface area contributed by atoms with E-state index >= 15 is 0 Å². The summed E-state index contributed by atoms with van der Waals surface area (Å²) in [6.07, 6.45) is 3.14. The van der Waals surface area contributed by atoms with E-state index in [1.54, 1.807) is 0 Å².